The van der Waals surface area contributed by atoms with Crippen LogP contribution in [0.3, 0.4) is 0 Å². The Morgan fingerprint density at radius 2 is 1.70 bits per heavy atom. The fourth-order valence-corrected chi connectivity index (χ4v) is 4.60. The van der Waals surface area contributed by atoms with Crippen molar-refractivity contribution in [2.24, 2.45) is 5.92 Å². The average molecular weight is 417 g/mol. The van der Waals surface area contributed by atoms with Gasteiger partial charge in [-0.05, 0) is 51.0 Å². The third-order valence-corrected chi connectivity index (χ3v) is 6.86. The van der Waals surface area contributed by atoms with Gasteiger partial charge in [0.2, 0.25) is 10.0 Å². The van der Waals surface area contributed by atoms with E-state index in [1.807, 2.05) is 13.8 Å². The largest absolute Gasteiger partial charge is 0.455 e. The van der Waals surface area contributed by atoms with Crippen LogP contribution in [-0.2, 0) is 24.3 Å². The van der Waals surface area contributed by atoms with Gasteiger partial charge in [-0.2, -0.15) is 4.31 Å². The van der Waals surface area contributed by atoms with Crippen molar-refractivity contribution >= 4 is 33.5 Å². The van der Waals surface area contributed by atoms with E-state index < -0.39 is 21.9 Å². The fraction of sp³-hybridized carbons (Fsp3) is 0.556. The Morgan fingerprint density at radius 1 is 1.15 bits per heavy atom. The van der Waals surface area contributed by atoms with Crippen molar-refractivity contribution in [2.45, 2.75) is 31.6 Å². The molecule has 1 heterocycles. The first-order chi connectivity index (χ1) is 12.8. The first-order valence-corrected chi connectivity index (χ1v) is 10.8. The highest BCUT2D eigenvalue weighted by Gasteiger charge is 2.33. The number of halogens is 1. The van der Waals surface area contributed by atoms with Gasteiger partial charge in [0.05, 0.1) is 10.8 Å². The molecule has 0 atom stereocenters. The molecule has 0 spiro atoms. The van der Waals surface area contributed by atoms with Gasteiger partial charge in [0.25, 0.3) is 5.91 Å². The highest BCUT2D eigenvalue weighted by molar-refractivity contribution is 7.89. The summed E-state index contributed by atoms with van der Waals surface area (Å²) in [7, 11) is -3.61. The number of hydrogen-bond donors (Lipinski definition) is 0. The van der Waals surface area contributed by atoms with Gasteiger partial charge in [-0.15, -0.1) is 0 Å². The SMILES string of the molecule is CCN(CC)C(=O)COC(=O)C1CCN(S(=O)(=O)c2ccc(Cl)cc2)CC1. The standard InChI is InChI=1S/C18H25ClN2O5S/c1-3-20(4-2)17(22)13-26-18(23)14-9-11-21(12-10-14)27(24,25)16-7-5-15(19)6-8-16/h5-8,14H,3-4,9-13H2,1-2H3. The van der Waals surface area contributed by atoms with E-state index in [2.05, 4.69) is 0 Å². The van der Waals surface area contributed by atoms with Gasteiger partial charge in [-0.3, -0.25) is 9.59 Å². The Bertz CT molecular complexity index is 754. The second-order valence-electron chi connectivity index (χ2n) is 6.31. The Balaban J connectivity index is 1.88. The molecule has 27 heavy (non-hydrogen) atoms. The smallest absolute Gasteiger partial charge is 0.309 e. The number of benzene rings is 1. The van der Waals surface area contributed by atoms with Crippen molar-refractivity contribution < 1.29 is 22.7 Å². The molecule has 7 nitrogen and oxygen atoms in total. The van der Waals surface area contributed by atoms with E-state index in [4.69, 9.17) is 16.3 Å². The highest BCUT2D eigenvalue weighted by Crippen LogP contribution is 2.25. The van der Waals surface area contributed by atoms with Gasteiger partial charge in [0.15, 0.2) is 6.61 Å². The molecule has 1 aliphatic heterocycles. The van der Waals surface area contributed by atoms with Gasteiger partial charge >= 0.3 is 5.97 Å². The molecule has 1 amide bonds. The molecule has 0 N–H and O–H groups in total. The molecule has 1 fully saturated rings. The van der Waals surface area contributed by atoms with E-state index in [-0.39, 0.29) is 30.5 Å². The fourth-order valence-electron chi connectivity index (χ4n) is 3.01. The molecular formula is C18H25ClN2O5S. The Kier molecular flexibility index (Phi) is 7.64. The molecule has 0 saturated carbocycles. The van der Waals surface area contributed by atoms with E-state index in [9.17, 15) is 18.0 Å². The number of ether oxygens (including phenoxy) is 1. The van der Waals surface area contributed by atoms with Crippen LogP contribution in [0.25, 0.3) is 0 Å². The maximum Gasteiger partial charge on any atom is 0.309 e. The number of amides is 1. The topological polar surface area (TPSA) is 84.0 Å². The van der Waals surface area contributed by atoms with Crippen LogP contribution in [0.4, 0.5) is 0 Å². The predicted octanol–water partition coefficient (Wildman–Crippen LogP) is 2.15. The van der Waals surface area contributed by atoms with Crippen molar-refractivity contribution in [1.29, 1.82) is 0 Å². The Labute approximate surface area is 165 Å². The normalized spacial score (nSPS) is 16.1. The van der Waals surface area contributed by atoms with E-state index >= 15 is 0 Å². The zero-order valence-electron chi connectivity index (χ0n) is 15.6. The maximum atomic E-state index is 12.6. The Hall–Kier alpha value is -1.64. The predicted molar refractivity (Wildman–Crippen MR) is 102 cm³/mol. The van der Waals surface area contributed by atoms with Crippen molar-refractivity contribution in [3.8, 4) is 0 Å². The van der Waals surface area contributed by atoms with Crippen LogP contribution < -0.4 is 0 Å². The molecule has 150 valence electrons. The summed E-state index contributed by atoms with van der Waals surface area (Å²) >= 11 is 5.80. The zero-order chi connectivity index (χ0) is 20.0. The summed E-state index contributed by atoms with van der Waals surface area (Å²) in [4.78, 5) is 25.9. The maximum absolute atomic E-state index is 12.6. The van der Waals surface area contributed by atoms with Crippen molar-refractivity contribution in [1.82, 2.24) is 9.21 Å². The van der Waals surface area contributed by atoms with Crippen LogP contribution in [0.1, 0.15) is 26.7 Å². The van der Waals surface area contributed by atoms with E-state index in [1.165, 1.54) is 28.6 Å². The minimum atomic E-state index is -3.61. The van der Waals surface area contributed by atoms with Crippen LogP contribution in [0, 0.1) is 5.92 Å². The summed E-state index contributed by atoms with van der Waals surface area (Å²) < 4.78 is 31.8. The number of nitrogens with zero attached hydrogens (tertiary/aromatic N) is 2. The lowest BCUT2D eigenvalue weighted by Crippen LogP contribution is -2.41. The van der Waals surface area contributed by atoms with Crippen molar-refractivity contribution in [3.05, 3.63) is 29.3 Å². The quantitative estimate of drug-likeness (QED) is 0.636. The van der Waals surface area contributed by atoms with Gasteiger partial charge in [-0.1, -0.05) is 11.6 Å². The monoisotopic (exact) mass is 416 g/mol. The minimum Gasteiger partial charge on any atom is -0.455 e. The molecule has 0 aliphatic carbocycles. The minimum absolute atomic E-state index is 0.178. The molecule has 9 heteroatoms. The number of hydrogen-bond acceptors (Lipinski definition) is 5. The number of sulfonamides is 1. The molecular weight excluding hydrogens is 392 g/mol. The summed E-state index contributed by atoms with van der Waals surface area (Å²) in [5.41, 5.74) is 0. The number of carbonyl (C=O) groups excluding carboxylic acids is 2. The summed E-state index contributed by atoms with van der Waals surface area (Å²) in [6, 6.07) is 6.00. The molecule has 1 aliphatic rings. The zero-order valence-corrected chi connectivity index (χ0v) is 17.1. The molecule has 2 rings (SSSR count). The number of carbonyl (C=O) groups is 2. The molecule has 0 bridgehead atoms. The summed E-state index contributed by atoms with van der Waals surface area (Å²) in [6.45, 7) is 5.04. The van der Waals surface area contributed by atoms with Crippen LogP contribution in [0.5, 0.6) is 0 Å². The molecule has 1 saturated heterocycles. The number of piperidine rings is 1. The van der Waals surface area contributed by atoms with E-state index in [1.54, 1.807) is 4.90 Å². The van der Waals surface area contributed by atoms with Crippen LogP contribution in [0.2, 0.25) is 5.02 Å². The molecule has 1 aromatic rings. The second kappa shape index (κ2) is 9.52. The first kappa shape index (κ1) is 21.7. The lowest BCUT2D eigenvalue weighted by molar-refractivity contribution is -0.156. The third kappa shape index (κ3) is 5.43. The van der Waals surface area contributed by atoms with Gasteiger partial charge in [0, 0.05) is 31.2 Å². The van der Waals surface area contributed by atoms with Crippen LogP contribution in [-0.4, -0.2) is 62.3 Å². The van der Waals surface area contributed by atoms with Gasteiger partial charge in [-0.25, -0.2) is 8.42 Å². The summed E-state index contributed by atoms with van der Waals surface area (Å²) in [5.74, 6) is -1.07. The summed E-state index contributed by atoms with van der Waals surface area (Å²) in [6.07, 6.45) is 0.732. The Morgan fingerprint density at radius 3 is 2.22 bits per heavy atom. The van der Waals surface area contributed by atoms with Crippen molar-refractivity contribution in [2.75, 3.05) is 32.8 Å². The number of rotatable bonds is 7. The second-order valence-corrected chi connectivity index (χ2v) is 8.68. The van der Waals surface area contributed by atoms with Gasteiger partial charge < -0.3 is 9.64 Å². The molecule has 0 radical (unpaired) electrons. The highest BCUT2D eigenvalue weighted by atomic mass is 35.5. The number of likely N-dealkylation sites (N-methyl/N-ethyl adjacent to an activating group) is 1. The lowest BCUT2D eigenvalue weighted by atomic mass is 9.98. The first-order valence-electron chi connectivity index (χ1n) is 8.99. The van der Waals surface area contributed by atoms with E-state index in [0.29, 0.717) is 31.0 Å². The summed E-state index contributed by atoms with van der Waals surface area (Å²) in [5, 5.41) is 0.467. The average Bonchev–Trinajstić information content (AvgIpc) is 2.67. The van der Waals surface area contributed by atoms with Crippen LogP contribution in [0.15, 0.2) is 29.2 Å². The van der Waals surface area contributed by atoms with Crippen molar-refractivity contribution in [3.63, 3.8) is 0 Å². The molecule has 0 aromatic heterocycles. The van der Waals surface area contributed by atoms with E-state index in [0.717, 1.165) is 0 Å². The lowest BCUT2D eigenvalue weighted by Gasteiger charge is -2.30. The third-order valence-electron chi connectivity index (χ3n) is 4.69. The van der Waals surface area contributed by atoms with Gasteiger partial charge in [0.1, 0.15) is 0 Å². The molecule has 0 unspecified atom stereocenters. The van der Waals surface area contributed by atoms with Crippen LogP contribution >= 0.6 is 11.6 Å². The number of esters is 1. The molecule has 1 aromatic carbocycles.